The topological polar surface area (TPSA) is 78.5 Å². The number of rotatable bonds is 2. The summed E-state index contributed by atoms with van der Waals surface area (Å²) in [5.41, 5.74) is 7.22. The van der Waals surface area contributed by atoms with Gasteiger partial charge in [-0.25, -0.2) is 0 Å². The van der Waals surface area contributed by atoms with Gasteiger partial charge in [0.15, 0.2) is 0 Å². The predicted molar refractivity (Wildman–Crippen MR) is 93.0 cm³/mol. The monoisotopic (exact) mass is 343 g/mol. The molecule has 0 bridgehead atoms. The van der Waals surface area contributed by atoms with E-state index in [1.807, 2.05) is 24.3 Å². The summed E-state index contributed by atoms with van der Waals surface area (Å²) >= 11 is 0. The fourth-order valence-corrected chi connectivity index (χ4v) is 3.76. The number of amides is 3. The molecular weight excluding hydrogens is 318 g/mol. The van der Waals surface area contributed by atoms with Crippen LogP contribution in [0.1, 0.15) is 50.2 Å². The van der Waals surface area contributed by atoms with Gasteiger partial charge >= 0.3 is 0 Å². The molecule has 134 valence electrons. The molecule has 6 nitrogen and oxygen atoms in total. The number of hydrogen-bond donors (Lipinski definition) is 2. The highest BCUT2D eigenvalue weighted by Crippen LogP contribution is 2.24. The summed E-state index contributed by atoms with van der Waals surface area (Å²) in [6, 6.07) is 7.22. The molecule has 0 saturated heterocycles. The Bertz CT molecular complexity index is 668. The standard InChI is InChI=1S/C19H25N3O3/c1-13(23)22-12-16-10-6-5-9-15(16)11-17(22)19(25)21-20-18(24)14-7-3-2-4-8-14/h5-6,9-10,14,17H,2-4,7-8,11-12H2,1H3,(H,20,24)(H,21,25)/t17-/m0/s1. The Balaban J connectivity index is 1.63. The zero-order chi connectivity index (χ0) is 17.8. The molecule has 0 unspecified atom stereocenters. The van der Waals surface area contributed by atoms with Gasteiger partial charge in [-0.05, 0) is 24.0 Å². The van der Waals surface area contributed by atoms with E-state index < -0.39 is 6.04 Å². The van der Waals surface area contributed by atoms with Crippen molar-refractivity contribution in [2.75, 3.05) is 0 Å². The maximum atomic E-state index is 12.6. The third-order valence-electron chi connectivity index (χ3n) is 5.24. The molecule has 1 aromatic rings. The molecule has 1 aromatic carbocycles. The van der Waals surface area contributed by atoms with Crippen molar-refractivity contribution < 1.29 is 14.4 Å². The van der Waals surface area contributed by atoms with Crippen molar-refractivity contribution >= 4 is 17.7 Å². The minimum atomic E-state index is -0.598. The number of hydrogen-bond acceptors (Lipinski definition) is 3. The molecule has 6 heteroatoms. The molecule has 1 aliphatic heterocycles. The number of nitrogens with zero attached hydrogens (tertiary/aromatic N) is 1. The van der Waals surface area contributed by atoms with Crippen LogP contribution >= 0.6 is 0 Å². The van der Waals surface area contributed by atoms with Crippen molar-refractivity contribution in [3.05, 3.63) is 35.4 Å². The van der Waals surface area contributed by atoms with Gasteiger partial charge in [0.25, 0.3) is 5.91 Å². The lowest BCUT2D eigenvalue weighted by Gasteiger charge is -2.35. The molecule has 2 N–H and O–H groups in total. The summed E-state index contributed by atoms with van der Waals surface area (Å²) in [4.78, 5) is 38.3. The molecule has 3 amide bonds. The normalized spacial score (nSPS) is 20.5. The molecule has 0 spiro atoms. The van der Waals surface area contributed by atoms with Gasteiger partial charge in [0.1, 0.15) is 6.04 Å². The van der Waals surface area contributed by atoms with Crippen LogP contribution in [-0.2, 0) is 27.3 Å². The summed E-state index contributed by atoms with van der Waals surface area (Å²) in [5, 5.41) is 0. The van der Waals surface area contributed by atoms with Gasteiger partial charge in [0.05, 0.1) is 0 Å². The summed E-state index contributed by atoms with van der Waals surface area (Å²) in [7, 11) is 0. The number of fused-ring (bicyclic) bond motifs is 1. The third-order valence-corrected chi connectivity index (χ3v) is 5.24. The first-order valence-electron chi connectivity index (χ1n) is 9.00. The maximum absolute atomic E-state index is 12.6. The quantitative estimate of drug-likeness (QED) is 0.802. The van der Waals surface area contributed by atoms with Gasteiger partial charge in [0, 0.05) is 25.8 Å². The number of carbonyl (C=O) groups excluding carboxylic acids is 3. The van der Waals surface area contributed by atoms with Crippen LogP contribution in [0.5, 0.6) is 0 Å². The molecule has 25 heavy (non-hydrogen) atoms. The maximum Gasteiger partial charge on any atom is 0.261 e. The molecule has 2 aliphatic rings. The van der Waals surface area contributed by atoms with E-state index in [-0.39, 0.29) is 23.6 Å². The fourth-order valence-electron chi connectivity index (χ4n) is 3.76. The van der Waals surface area contributed by atoms with E-state index in [0.29, 0.717) is 13.0 Å². The number of hydrazine groups is 1. The van der Waals surface area contributed by atoms with Crippen LogP contribution in [0.4, 0.5) is 0 Å². The van der Waals surface area contributed by atoms with Crippen molar-refractivity contribution in [3.8, 4) is 0 Å². The Kier molecular flexibility index (Phi) is 5.36. The molecule has 1 aliphatic carbocycles. The number of nitrogens with one attached hydrogen (secondary N) is 2. The van der Waals surface area contributed by atoms with Crippen LogP contribution < -0.4 is 10.9 Å². The van der Waals surface area contributed by atoms with Crippen LogP contribution in [0.15, 0.2) is 24.3 Å². The molecule has 1 saturated carbocycles. The van der Waals surface area contributed by atoms with E-state index in [2.05, 4.69) is 10.9 Å². The van der Waals surface area contributed by atoms with Crippen LogP contribution in [0.2, 0.25) is 0 Å². The van der Waals surface area contributed by atoms with Gasteiger partial charge in [-0.15, -0.1) is 0 Å². The van der Waals surface area contributed by atoms with Crippen molar-refractivity contribution in [2.24, 2.45) is 5.92 Å². The molecule has 1 atom stereocenters. The molecule has 1 heterocycles. The second-order valence-corrected chi connectivity index (χ2v) is 6.95. The highest BCUT2D eigenvalue weighted by Gasteiger charge is 2.33. The average Bonchev–Trinajstić information content (AvgIpc) is 2.65. The number of carbonyl (C=O) groups is 3. The van der Waals surface area contributed by atoms with Gasteiger partial charge in [0.2, 0.25) is 11.8 Å². The molecule has 0 radical (unpaired) electrons. The predicted octanol–water partition coefficient (Wildman–Crippen LogP) is 1.69. The third kappa shape index (κ3) is 4.00. The van der Waals surface area contributed by atoms with E-state index in [0.717, 1.165) is 36.8 Å². The Morgan fingerprint density at radius 2 is 1.60 bits per heavy atom. The van der Waals surface area contributed by atoms with Gasteiger partial charge in [-0.3, -0.25) is 25.2 Å². The molecular formula is C19H25N3O3. The van der Waals surface area contributed by atoms with Crippen molar-refractivity contribution in [1.29, 1.82) is 0 Å². The molecule has 3 rings (SSSR count). The Morgan fingerprint density at radius 3 is 2.28 bits per heavy atom. The Morgan fingerprint density at radius 1 is 0.960 bits per heavy atom. The largest absolute Gasteiger partial charge is 0.326 e. The summed E-state index contributed by atoms with van der Waals surface area (Å²) in [6.45, 7) is 1.88. The highest BCUT2D eigenvalue weighted by molar-refractivity contribution is 5.89. The second kappa shape index (κ2) is 7.68. The first-order valence-corrected chi connectivity index (χ1v) is 9.00. The van der Waals surface area contributed by atoms with Crippen LogP contribution in [0.25, 0.3) is 0 Å². The number of benzene rings is 1. The SMILES string of the molecule is CC(=O)N1Cc2ccccc2C[C@H]1C(=O)NNC(=O)C1CCCCC1. The van der Waals surface area contributed by atoms with E-state index in [1.165, 1.54) is 13.3 Å². The average molecular weight is 343 g/mol. The van der Waals surface area contributed by atoms with Gasteiger partial charge < -0.3 is 4.90 Å². The lowest BCUT2D eigenvalue weighted by molar-refractivity contribution is -0.141. The van der Waals surface area contributed by atoms with E-state index >= 15 is 0 Å². The molecule has 0 aromatic heterocycles. The first kappa shape index (κ1) is 17.5. The Hall–Kier alpha value is -2.37. The highest BCUT2D eigenvalue weighted by atomic mass is 16.2. The zero-order valence-corrected chi connectivity index (χ0v) is 14.6. The smallest absolute Gasteiger partial charge is 0.261 e. The van der Waals surface area contributed by atoms with Gasteiger partial charge in [-0.1, -0.05) is 43.5 Å². The van der Waals surface area contributed by atoms with E-state index in [9.17, 15) is 14.4 Å². The minimum Gasteiger partial charge on any atom is -0.326 e. The second-order valence-electron chi connectivity index (χ2n) is 6.95. The minimum absolute atomic E-state index is 0.0231. The molecule has 1 fully saturated rings. The van der Waals surface area contributed by atoms with Gasteiger partial charge in [-0.2, -0.15) is 0 Å². The van der Waals surface area contributed by atoms with Crippen LogP contribution in [-0.4, -0.2) is 28.7 Å². The summed E-state index contributed by atoms with van der Waals surface area (Å²) in [6.07, 6.45) is 5.50. The fraction of sp³-hybridized carbons (Fsp3) is 0.526. The first-order chi connectivity index (χ1) is 12.1. The Labute approximate surface area is 147 Å². The van der Waals surface area contributed by atoms with Crippen molar-refractivity contribution in [2.45, 2.75) is 58.0 Å². The lowest BCUT2D eigenvalue weighted by Crippen LogP contribution is -2.56. The van der Waals surface area contributed by atoms with E-state index in [4.69, 9.17) is 0 Å². The summed E-state index contributed by atoms with van der Waals surface area (Å²) < 4.78 is 0. The van der Waals surface area contributed by atoms with Crippen LogP contribution in [0, 0.1) is 5.92 Å². The lowest BCUT2D eigenvalue weighted by atomic mass is 9.89. The van der Waals surface area contributed by atoms with E-state index in [1.54, 1.807) is 4.90 Å². The zero-order valence-electron chi connectivity index (χ0n) is 14.6. The van der Waals surface area contributed by atoms with Crippen LogP contribution in [0.3, 0.4) is 0 Å². The van der Waals surface area contributed by atoms with Crippen molar-refractivity contribution in [3.63, 3.8) is 0 Å². The summed E-state index contributed by atoms with van der Waals surface area (Å²) in [5.74, 6) is -0.634. The van der Waals surface area contributed by atoms with Crippen molar-refractivity contribution in [1.82, 2.24) is 15.8 Å².